The molecule has 25 heavy (non-hydrogen) atoms. The van der Waals surface area contributed by atoms with E-state index in [4.69, 9.17) is 0 Å². The van der Waals surface area contributed by atoms with Crippen LogP contribution in [0, 0.1) is 11.2 Å². The van der Waals surface area contributed by atoms with Gasteiger partial charge >= 0.3 is 0 Å². The molecular weight excluding hydrogens is 321 g/mol. The minimum absolute atomic E-state index is 0.00662. The van der Waals surface area contributed by atoms with Gasteiger partial charge in [0, 0.05) is 20.0 Å². The monoisotopic (exact) mass is 349 g/mol. The number of hydrogen-bond acceptors (Lipinski definition) is 4. The summed E-state index contributed by atoms with van der Waals surface area (Å²) in [5.41, 5.74) is 0.354. The zero-order chi connectivity index (χ0) is 18.2. The van der Waals surface area contributed by atoms with Crippen LogP contribution >= 0.6 is 0 Å². The van der Waals surface area contributed by atoms with E-state index in [1.807, 2.05) is 18.7 Å². The molecule has 1 aromatic rings. The van der Waals surface area contributed by atoms with Crippen molar-refractivity contribution < 1.29 is 14.3 Å². The van der Waals surface area contributed by atoms with Gasteiger partial charge in [-0.05, 0) is 63.7 Å². The van der Waals surface area contributed by atoms with Gasteiger partial charge in [0.25, 0.3) is 0 Å². The molecule has 0 radical (unpaired) electrons. The normalized spacial score (nSPS) is 26.0. The molecular formula is C19H28FN3O2. The van der Waals surface area contributed by atoms with Crippen molar-refractivity contribution in [1.29, 1.82) is 0 Å². The molecule has 0 saturated carbocycles. The fourth-order valence-corrected chi connectivity index (χ4v) is 4.24. The highest BCUT2D eigenvalue weighted by atomic mass is 19.1. The lowest BCUT2D eigenvalue weighted by molar-refractivity contribution is -0.157. The second kappa shape index (κ2) is 6.65. The lowest BCUT2D eigenvalue weighted by Gasteiger charge is -2.55. The predicted octanol–water partition coefficient (Wildman–Crippen LogP) is 2.19. The van der Waals surface area contributed by atoms with Crippen LogP contribution < -0.4 is 0 Å². The highest BCUT2D eigenvalue weighted by Gasteiger charge is 2.50. The highest BCUT2D eigenvalue weighted by molar-refractivity contribution is 5.74. The Labute approximate surface area is 148 Å². The largest absolute Gasteiger partial charge is 0.391 e. The van der Waals surface area contributed by atoms with Crippen molar-refractivity contribution in [3.63, 3.8) is 0 Å². The summed E-state index contributed by atoms with van der Waals surface area (Å²) in [5, 5.41) is 10.6. The molecule has 2 saturated heterocycles. The minimum Gasteiger partial charge on any atom is -0.391 e. The van der Waals surface area contributed by atoms with Crippen LogP contribution in [0.4, 0.5) is 4.39 Å². The second-order valence-electron chi connectivity index (χ2n) is 8.22. The van der Waals surface area contributed by atoms with Gasteiger partial charge < -0.3 is 10.0 Å². The van der Waals surface area contributed by atoms with Gasteiger partial charge in [-0.25, -0.2) is 4.39 Å². The second-order valence-corrected chi connectivity index (χ2v) is 8.22. The molecule has 3 rings (SSSR count). The van der Waals surface area contributed by atoms with E-state index >= 15 is 0 Å². The van der Waals surface area contributed by atoms with Crippen molar-refractivity contribution in [2.75, 3.05) is 19.6 Å². The average Bonchev–Trinajstić information content (AvgIpc) is 2.55. The van der Waals surface area contributed by atoms with Crippen molar-refractivity contribution in [1.82, 2.24) is 14.8 Å². The topological polar surface area (TPSA) is 56.7 Å². The Morgan fingerprint density at radius 2 is 2.04 bits per heavy atom. The van der Waals surface area contributed by atoms with Gasteiger partial charge in [0.2, 0.25) is 5.91 Å². The Balaban J connectivity index is 1.64. The summed E-state index contributed by atoms with van der Waals surface area (Å²) in [6, 6.07) is 3.17. The molecule has 0 aliphatic carbocycles. The summed E-state index contributed by atoms with van der Waals surface area (Å²) in [4.78, 5) is 20.4. The number of piperidine rings is 2. The smallest absolute Gasteiger partial charge is 0.219 e. The number of pyridine rings is 1. The number of rotatable bonds is 2. The Hall–Kier alpha value is -1.53. The number of nitrogens with zero attached hydrogens (tertiary/aromatic N) is 3. The van der Waals surface area contributed by atoms with Gasteiger partial charge in [0.05, 0.1) is 23.5 Å². The zero-order valence-electron chi connectivity index (χ0n) is 15.3. The van der Waals surface area contributed by atoms with Crippen molar-refractivity contribution in [2.45, 2.75) is 58.2 Å². The van der Waals surface area contributed by atoms with Gasteiger partial charge in [-0.3, -0.25) is 14.7 Å². The number of hydrogen-bond donors (Lipinski definition) is 1. The number of carbonyl (C=O) groups excluding carboxylic acids is 1. The predicted molar refractivity (Wildman–Crippen MR) is 93.2 cm³/mol. The van der Waals surface area contributed by atoms with Crippen molar-refractivity contribution >= 4 is 5.91 Å². The minimum atomic E-state index is -0.508. The molecule has 2 fully saturated rings. The summed E-state index contributed by atoms with van der Waals surface area (Å²) >= 11 is 0. The Morgan fingerprint density at radius 3 is 2.60 bits per heavy atom. The average molecular weight is 349 g/mol. The van der Waals surface area contributed by atoms with E-state index in [-0.39, 0.29) is 17.1 Å². The van der Waals surface area contributed by atoms with E-state index < -0.39 is 11.6 Å². The lowest BCUT2D eigenvalue weighted by Crippen LogP contribution is -2.64. The Bertz CT molecular complexity index is 624. The van der Waals surface area contributed by atoms with Crippen LogP contribution in [0.3, 0.4) is 0 Å². The number of aliphatic hydroxyl groups excluding tert-OH is 1. The maximum atomic E-state index is 13.0. The van der Waals surface area contributed by atoms with E-state index in [1.54, 1.807) is 13.0 Å². The number of halogens is 1. The van der Waals surface area contributed by atoms with Crippen LogP contribution in [-0.4, -0.2) is 57.1 Å². The first kappa shape index (κ1) is 18.3. The van der Waals surface area contributed by atoms with Crippen LogP contribution in [0.1, 0.15) is 45.7 Å². The number of amides is 1. The molecule has 2 aliphatic heterocycles. The molecule has 5 nitrogen and oxygen atoms in total. The van der Waals surface area contributed by atoms with E-state index in [2.05, 4.69) is 9.88 Å². The molecule has 138 valence electrons. The molecule has 0 aromatic carbocycles. The third kappa shape index (κ3) is 3.70. The molecule has 1 atom stereocenters. The van der Waals surface area contributed by atoms with Crippen molar-refractivity contribution in [3.8, 4) is 0 Å². The maximum Gasteiger partial charge on any atom is 0.219 e. The molecule has 1 aromatic heterocycles. The summed E-state index contributed by atoms with van der Waals surface area (Å²) in [6.45, 7) is 8.71. The van der Waals surface area contributed by atoms with E-state index in [0.717, 1.165) is 44.6 Å². The molecule has 6 heteroatoms. The standard InChI is InChI=1S/C19H28FN3O2/c1-14(24)23-13-19(10-17(25)18(23,2)3)6-8-22(9-7-19)12-16-5-4-15(20)11-21-16/h4-5,11,17,25H,6-10,12-13H2,1-3H3/t17-/m1/s1. The van der Waals surface area contributed by atoms with E-state index in [0.29, 0.717) is 6.54 Å². The van der Waals surface area contributed by atoms with Gasteiger partial charge in [0.1, 0.15) is 5.82 Å². The van der Waals surface area contributed by atoms with Crippen LogP contribution in [0.2, 0.25) is 0 Å². The van der Waals surface area contributed by atoms with E-state index in [1.165, 1.54) is 12.3 Å². The lowest BCUT2D eigenvalue weighted by atomic mass is 9.67. The third-order valence-corrected chi connectivity index (χ3v) is 6.10. The van der Waals surface area contributed by atoms with Crippen LogP contribution in [0.5, 0.6) is 0 Å². The number of likely N-dealkylation sites (tertiary alicyclic amines) is 2. The molecule has 0 unspecified atom stereocenters. The Morgan fingerprint density at radius 1 is 1.36 bits per heavy atom. The third-order valence-electron chi connectivity index (χ3n) is 6.10. The van der Waals surface area contributed by atoms with Crippen molar-refractivity contribution in [3.05, 3.63) is 29.8 Å². The molecule has 1 amide bonds. The number of carbonyl (C=O) groups is 1. The summed E-state index contributed by atoms with van der Waals surface area (Å²) in [7, 11) is 0. The van der Waals surface area contributed by atoms with Gasteiger partial charge in [-0.2, -0.15) is 0 Å². The van der Waals surface area contributed by atoms with E-state index in [9.17, 15) is 14.3 Å². The SMILES string of the molecule is CC(=O)N1CC2(CCN(Cc3ccc(F)cn3)CC2)C[C@@H](O)C1(C)C. The van der Waals surface area contributed by atoms with Gasteiger partial charge in [-0.1, -0.05) is 0 Å². The molecule has 2 aliphatic rings. The van der Waals surface area contributed by atoms with Gasteiger partial charge in [0.15, 0.2) is 0 Å². The fourth-order valence-electron chi connectivity index (χ4n) is 4.24. The number of aromatic nitrogens is 1. The maximum absolute atomic E-state index is 13.0. The molecule has 1 N–H and O–H groups in total. The first-order valence-electron chi connectivity index (χ1n) is 9.01. The van der Waals surface area contributed by atoms with Crippen LogP contribution in [0.25, 0.3) is 0 Å². The summed E-state index contributed by atoms with van der Waals surface area (Å²) < 4.78 is 13.0. The molecule has 1 spiro atoms. The van der Waals surface area contributed by atoms with Gasteiger partial charge in [-0.15, -0.1) is 0 Å². The fraction of sp³-hybridized carbons (Fsp3) is 0.684. The molecule has 0 bridgehead atoms. The summed E-state index contributed by atoms with van der Waals surface area (Å²) in [5.74, 6) is -0.287. The Kier molecular flexibility index (Phi) is 4.86. The summed E-state index contributed by atoms with van der Waals surface area (Å²) in [6.07, 6.45) is 3.39. The highest BCUT2D eigenvalue weighted by Crippen LogP contribution is 2.45. The molecule has 3 heterocycles. The van der Waals surface area contributed by atoms with Crippen molar-refractivity contribution in [2.24, 2.45) is 5.41 Å². The first-order valence-corrected chi connectivity index (χ1v) is 9.01. The first-order chi connectivity index (χ1) is 11.7. The zero-order valence-corrected chi connectivity index (χ0v) is 15.3. The quantitative estimate of drug-likeness (QED) is 0.889. The van der Waals surface area contributed by atoms with Crippen LogP contribution in [0.15, 0.2) is 18.3 Å². The number of aliphatic hydroxyl groups is 1. The van der Waals surface area contributed by atoms with Crippen LogP contribution in [-0.2, 0) is 11.3 Å².